The first kappa shape index (κ1) is 43.3. The molecule has 1 aliphatic rings. The summed E-state index contributed by atoms with van der Waals surface area (Å²) in [6, 6.07) is 0.631. The van der Waals surface area contributed by atoms with Gasteiger partial charge in [-0.05, 0) is 34.1 Å². The molecule has 1 fully saturated rings. The van der Waals surface area contributed by atoms with Crippen LogP contribution in [-0.4, -0.2) is 186 Å². The molecule has 276 valence electrons. The molecule has 3 N–H and O–H groups in total. The van der Waals surface area contributed by atoms with E-state index in [4.69, 9.17) is 22.8 Å². The fourth-order valence-corrected chi connectivity index (χ4v) is 7.96. The van der Waals surface area contributed by atoms with Crippen molar-refractivity contribution in [2.45, 2.75) is 65.5 Å². The number of aliphatic hydroxyl groups is 1. The van der Waals surface area contributed by atoms with Gasteiger partial charge in [0.05, 0.1) is 38.6 Å². The molecule has 0 bridgehead atoms. The number of carbonyl (C=O) groups is 3. The summed E-state index contributed by atoms with van der Waals surface area (Å²) in [5.41, 5.74) is 0. The summed E-state index contributed by atoms with van der Waals surface area (Å²) in [7, 11) is -2.75. The summed E-state index contributed by atoms with van der Waals surface area (Å²) in [5, 5.41) is 29.5. The number of aliphatic hydroxyl groups excluding tert-OH is 1. The Kier molecular flexibility index (Phi) is 24.1. The van der Waals surface area contributed by atoms with Crippen LogP contribution in [0.2, 0.25) is 6.04 Å². The van der Waals surface area contributed by atoms with Crippen molar-refractivity contribution < 1.29 is 52.5 Å². The van der Waals surface area contributed by atoms with E-state index in [2.05, 4.69) is 19.6 Å². The van der Waals surface area contributed by atoms with E-state index in [-0.39, 0.29) is 31.8 Å². The van der Waals surface area contributed by atoms with E-state index < -0.39 is 26.8 Å². The van der Waals surface area contributed by atoms with Gasteiger partial charge in [-0.25, -0.2) is 0 Å². The molecule has 1 unspecified atom stereocenters. The molecule has 0 amide bonds. The van der Waals surface area contributed by atoms with Gasteiger partial charge >= 0.3 is 26.7 Å². The zero-order valence-corrected chi connectivity index (χ0v) is 30.2. The highest BCUT2D eigenvalue weighted by molar-refractivity contribution is 6.60. The first-order chi connectivity index (χ1) is 22.6. The Morgan fingerprint density at radius 2 is 1.09 bits per heavy atom. The van der Waals surface area contributed by atoms with Crippen LogP contribution in [-0.2, 0) is 37.1 Å². The van der Waals surface area contributed by atoms with Crippen molar-refractivity contribution in [1.82, 2.24) is 19.6 Å². The number of esters is 1. The summed E-state index contributed by atoms with van der Waals surface area (Å²) in [6.07, 6.45) is 0.220. The molecule has 0 aliphatic carbocycles. The quantitative estimate of drug-likeness (QED) is 0.0740. The largest absolute Gasteiger partial charge is 0.501 e. The van der Waals surface area contributed by atoms with E-state index in [9.17, 15) is 29.7 Å². The second-order valence-electron chi connectivity index (χ2n) is 11.5. The average Bonchev–Trinajstić information content (AvgIpc) is 3.01. The van der Waals surface area contributed by atoms with Crippen LogP contribution in [0.5, 0.6) is 0 Å². The fraction of sp³-hybridized carbons (Fsp3) is 0.903. The third kappa shape index (κ3) is 21.1. The minimum Gasteiger partial charge on any atom is -0.481 e. The molecule has 1 aliphatic heterocycles. The zero-order valence-electron chi connectivity index (χ0n) is 29.2. The zero-order chi connectivity index (χ0) is 34.9. The predicted octanol–water partition coefficient (Wildman–Crippen LogP) is 0.927. The lowest BCUT2D eigenvalue weighted by Crippen LogP contribution is -2.48. The Labute approximate surface area is 282 Å². The number of hydrogen-bond acceptors (Lipinski definition) is 13. The Hall–Kier alpha value is -1.73. The Morgan fingerprint density at radius 3 is 1.49 bits per heavy atom. The molecule has 0 aromatic heterocycles. The van der Waals surface area contributed by atoms with Gasteiger partial charge < -0.3 is 52.8 Å². The topological polar surface area (TPSA) is 171 Å². The Balaban J connectivity index is 2.87. The predicted molar refractivity (Wildman–Crippen MR) is 178 cm³/mol. The number of β-amino-alcohol motifs (C(OH)–C–C–N with tert-alkyl or cyclic N) is 1. The van der Waals surface area contributed by atoms with Crippen molar-refractivity contribution in [1.29, 1.82) is 0 Å². The molecule has 0 aromatic rings. The van der Waals surface area contributed by atoms with Crippen molar-refractivity contribution >= 4 is 26.7 Å². The van der Waals surface area contributed by atoms with Gasteiger partial charge in [0.25, 0.3) is 0 Å². The van der Waals surface area contributed by atoms with Gasteiger partial charge in [0, 0.05) is 111 Å². The lowest BCUT2D eigenvalue weighted by atomic mass is 10.2. The van der Waals surface area contributed by atoms with Gasteiger partial charge in [-0.1, -0.05) is 0 Å². The minimum atomic E-state index is -2.75. The lowest BCUT2D eigenvalue weighted by Gasteiger charge is -2.34. The van der Waals surface area contributed by atoms with Crippen molar-refractivity contribution in [2.24, 2.45) is 0 Å². The molecule has 1 heterocycles. The summed E-state index contributed by atoms with van der Waals surface area (Å²) in [6.45, 7) is 16.5. The SMILES string of the molecule is CCOC(=O)CCN1CCN(CCC(=O)O)CCN(CCC(=O)O)CCN(CC(O)COCCC[Si](OCC)(OCC)OCC)CC1. The first-order valence-corrected chi connectivity index (χ1v) is 19.2. The number of nitrogens with zero attached hydrogens (tertiary/aromatic N) is 4. The van der Waals surface area contributed by atoms with Crippen LogP contribution in [0.4, 0.5) is 0 Å². The van der Waals surface area contributed by atoms with Crippen LogP contribution < -0.4 is 0 Å². The Bertz CT molecular complexity index is 843. The maximum Gasteiger partial charge on any atom is 0.501 e. The van der Waals surface area contributed by atoms with Crippen LogP contribution in [0.1, 0.15) is 53.4 Å². The van der Waals surface area contributed by atoms with Gasteiger partial charge in [0.1, 0.15) is 0 Å². The number of rotatable bonds is 24. The molecular formula is C31H62N4O11Si. The number of hydrogen-bond donors (Lipinski definition) is 3. The third-order valence-electron chi connectivity index (χ3n) is 7.79. The second kappa shape index (κ2) is 26.2. The molecule has 1 rings (SSSR count). The van der Waals surface area contributed by atoms with Crippen molar-refractivity contribution in [2.75, 3.05) is 118 Å². The minimum absolute atomic E-state index is 0.00720. The van der Waals surface area contributed by atoms with Crippen molar-refractivity contribution in [3.8, 4) is 0 Å². The molecule has 0 spiro atoms. The highest BCUT2D eigenvalue weighted by atomic mass is 28.4. The van der Waals surface area contributed by atoms with Crippen LogP contribution in [0, 0.1) is 0 Å². The number of carbonyl (C=O) groups excluding carboxylic acids is 1. The molecule has 0 radical (unpaired) electrons. The number of carboxylic acids is 2. The molecule has 0 saturated carbocycles. The van der Waals surface area contributed by atoms with E-state index in [1.165, 1.54) is 0 Å². The van der Waals surface area contributed by atoms with E-state index in [1.807, 2.05) is 20.8 Å². The summed E-state index contributed by atoms with van der Waals surface area (Å²) in [5.74, 6) is -2.00. The number of aliphatic carboxylic acids is 2. The normalized spacial score (nSPS) is 17.6. The van der Waals surface area contributed by atoms with Gasteiger partial charge in [-0.2, -0.15) is 0 Å². The number of ether oxygens (including phenoxy) is 2. The van der Waals surface area contributed by atoms with Gasteiger partial charge in [-0.15, -0.1) is 0 Å². The van der Waals surface area contributed by atoms with E-state index in [0.29, 0.717) is 124 Å². The lowest BCUT2D eigenvalue weighted by molar-refractivity contribution is -0.143. The van der Waals surface area contributed by atoms with Gasteiger partial charge in [-0.3, -0.25) is 19.3 Å². The molecular weight excluding hydrogens is 632 g/mol. The van der Waals surface area contributed by atoms with Crippen LogP contribution in [0.25, 0.3) is 0 Å². The first-order valence-electron chi connectivity index (χ1n) is 17.2. The second-order valence-corrected chi connectivity index (χ2v) is 14.2. The monoisotopic (exact) mass is 694 g/mol. The summed E-state index contributed by atoms with van der Waals surface area (Å²) in [4.78, 5) is 43.2. The van der Waals surface area contributed by atoms with E-state index in [0.717, 1.165) is 0 Å². The molecule has 47 heavy (non-hydrogen) atoms. The van der Waals surface area contributed by atoms with Crippen molar-refractivity contribution in [3.05, 3.63) is 0 Å². The number of carboxylic acid groups (broad SMARTS) is 2. The van der Waals surface area contributed by atoms with E-state index >= 15 is 0 Å². The van der Waals surface area contributed by atoms with Gasteiger partial charge in [0.2, 0.25) is 0 Å². The standard InChI is InChI=1S/C31H62N4O11Si/c1-5-43-31(41)12-15-34-19-18-32(13-10-29(37)38)16-17-33(14-11-30(39)40)20-22-35(23-21-34)26-28(36)27-42-24-9-25-47(44-6-2,45-7-3)46-8-4/h28,36H,5-27H2,1-4H3,(H,37,38)(H,39,40). The summed E-state index contributed by atoms with van der Waals surface area (Å²) < 4.78 is 28.7. The maximum absolute atomic E-state index is 12.1. The third-order valence-corrected chi connectivity index (χ3v) is 10.9. The van der Waals surface area contributed by atoms with Crippen LogP contribution >= 0.6 is 0 Å². The van der Waals surface area contributed by atoms with Crippen LogP contribution in [0.3, 0.4) is 0 Å². The molecule has 0 aromatic carbocycles. The fourth-order valence-electron chi connectivity index (χ4n) is 5.38. The van der Waals surface area contributed by atoms with Crippen LogP contribution in [0.15, 0.2) is 0 Å². The van der Waals surface area contributed by atoms with Gasteiger partial charge in [0.15, 0.2) is 0 Å². The highest BCUT2D eigenvalue weighted by Crippen LogP contribution is 2.18. The highest BCUT2D eigenvalue weighted by Gasteiger charge is 2.39. The average molecular weight is 695 g/mol. The van der Waals surface area contributed by atoms with E-state index in [1.54, 1.807) is 6.92 Å². The smallest absolute Gasteiger partial charge is 0.481 e. The Morgan fingerprint density at radius 1 is 0.660 bits per heavy atom. The molecule has 15 nitrogen and oxygen atoms in total. The molecule has 1 atom stereocenters. The summed E-state index contributed by atoms with van der Waals surface area (Å²) >= 11 is 0. The maximum atomic E-state index is 12.1. The molecule has 16 heteroatoms. The van der Waals surface area contributed by atoms with Crippen molar-refractivity contribution in [3.63, 3.8) is 0 Å². The molecule has 1 saturated heterocycles.